The molecule has 6 nitrogen and oxygen atoms in total. The van der Waals surface area contributed by atoms with E-state index in [1.54, 1.807) is 0 Å². The van der Waals surface area contributed by atoms with Crippen molar-refractivity contribution >= 4 is 15.9 Å². The largest absolute Gasteiger partial charge is 0.497 e. The van der Waals surface area contributed by atoms with Crippen LogP contribution < -0.4 is 10.5 Å². The van der Waals surface area contributed by atoms with Crippen LogP contribution in [0.15, 0.2) is 46.2 Å². The van der Waals surface area contributed by atoms with Crippen molar-refractivity contribution in [2.45, 2.75) is 4.90 Å². The van der Waals surface area contributed by atoms with E-state index in [1.165, 1.54) is 31.4 Å². The van der Waals surface area contributed by atoms with Crippen LogP contribution in [0.1, 0.15) is 0 Å². The minimum absolute atomic E-state index is 0.0213. The second-order valence-corrected chi connectivity index (χ2v) is 5.62. The first-order chi connectivity index (χ1) is 8.95. The second-order valence-electron chi connectivity index (χ2n) is 3.73. The van der Waals surface area contributed by atoms with Crippen LogP contribution >= 0.6 is 0 Å². The van der Waals surface area contributed by atoms with Gasteiger partial charge in [0.2, 0.25) is 0 Å². The van der Waals surface area contributed by atoms with Crippen LogP contribution in [0.5, 0.6) is 5.75 Å². The molecule has 1 heterocycles. The fraction of sp³-hybridized carbons (Fsp3) is 0.182. The summed E-state index contributed by atoms with van der Waals surface area (Å²) in [6, 6.07) is 5.77. The fourth-order valence-electron chi connectivity index (χ4n) is 1.48. The van der Waals surface area contributed by atoms with Gasteiger partial charge < -0.3 is 10.5 Å². The second kappa shape index (κ2) is 4.88. The predicted molar refractivity (Wildman–Crippen MR) is 67.7 cm³/mol. The lowest BCUT2D eigenvalue weighted by molar-refractivity contribution is 0.414. The topological polar surface area (TPSA) is 85.0 Å². The third-order valence-corrected chi connectivity index (χ3v) is 4.25. The van der Waals surface area contributed by atoms with Crippen molar-refractivity contribution in [2.24, 2.45) is 10.7 Å². The Bertz CT molecular complexity index is 638. The highest BCUT2D eigenvalue weighted by Crippen LogP contribution is 2.21. The molecular formula is C11H12FN3O3S. The summed E-state index contributed by atoms with van der Waals surface area (Å²) in [5.41, 5.74) is 5.23. The Balaban J connectivity index is 2.33. The van der Waals surface area contributed by atoms with Crippen molar-refractivity contribution in [1.29, 1.82) is 0 Å². The van der Waals surface area contributed by atoms with Gasteiger partial charge in [0.15, 0.2) is 11.7 Å². The highest BCUT2D eigenvalue weighted by molar-refractivity contribution is 7.89. The molecule has 0 bridgehead atoms. The van der Waals surface area contributed by atoms with E-state index in [-0.39, 0.29) is 17.4 Å². The number of methoxy groups -OCH3 is 1. The van der Waals surface area contributed by atoms with E-state index < -0.39 is 15.9 Å². The molecule has 0 saturated heterocycles. The lowest BCUT2D eigenvalue weighted by Crippen LogP contribution is -2.32. The highest BCUT2D eigenvalue weighted by Gasteiger charge is 2.25. The molecule has 0 aliphatic carbocycles. The van der Waals surface area contributed by atoms with Gasteiger partial charge in [-0.15, -0.1) is 0 Å². The van der Waals surface area contributed by atoms with Gasteiger partial charge in [-0.2, -0.15) is 0 Å². The minimum Gasteiger partial charge on any atom is -0.497 e. The highest BCUT2D eigenvalue weighted by atomic mass is 32.2. The Morgan fingerprint density at radius 2 is 2.00 bits per heavy atom. The number of rotatable bonds is 3. The van der Waals surface area contributed by atoms with Crippen molar-refractivity contribution in [3.05, 3.63) is 36.3 Å². The van der Waals surface area contributed by atoms with Crippen LogP contribution in [-0.2, 0) is 10.0 Å². The third kappa shape index (κ3) is 2.53. The summed E-state index contributed by atoms with van der Waals surface area (Å²) < 4.78 is 43.4. The molecule has 0 atom stereocenters. The molecule has 1 aliphatic heterocycles. The molecule has 2 rings (SSSR count). The number of ether oxygens (including phenoxy) is 1. The van der Waals surface area contributed by atoms with E-state index in [0.717, 1.165) is 10.5 Å². The zero-order valence-electron chi connectivity index (χ0n) is 10.1. The van der Waals surface area contributed by atoms with Crippen LogP contribution in [-0.4, -0.2) is 32.3 Å². The molecule has 19 heavy (non-hydrogen) atoms. The van der Waals surface area contributed by atoms with Crippen LogP contribution in [0.3, 0.4) is 0 Å². The van der Waals surface area contributed by atoms with E-state index in [9.17, 15) is 12.8 Å². The number of hydrogen-bond acceptors (Lipinski definition) is 5. The summed E-state index contributed by atoms with van der Waals surface area (Å²) in [4.78, 5) is 3.61. The Hall–Kier alpha value is -2.09. The molecular weight excluding hydrogens is 273 g/mol. The number of amidine groups is 1. The van der Waals surface area contributed by atoms with Gasteiger partial charge in [-0.05, 0) is 24.3 Å². The molecule has 0 aromatic heterocycles. The Kier molecular flexibility index (Phi) is 3.43. The lowest BCUT2D eigenvalue weighted by Gasteiger charge is -2.21. The average Bonchev–Trinajstić information content (AvgIpc) is 2.41. The zero-order chi connectivity index (χ0) is 14.0. The zero-order valence-corrected chi connectivity index (χ0v) is 10.9. The van der Waals surface area contributed by atoms with Crippen LogP contribution in [0, 0.1) is 0 Å². The van der Waals surface area contributed by atoms with Gasteiger partial charge in [-0.1, -0.05) is 0 Å². The maximum Gasteiger partial charge on any atom is 0.265 e. The maximum absolute atomic E-state index is 13.3. The molecule has 1 aliphatic rings. The molecule has 1 aromatic rings. The molecule has 2 N–H and O–H groups in total. The van der Waals surface area contributed by atoms with E-state index >= 15 is 0 Å². The van der Waals surface area contributed by atoms with Crippen molar-refractivity contribution in [3.63, 3.8) is 0 Å². The molecule has 0 saturated carbocycles. The summed E-state index contributed by atoms with van der Waals surface area (Å²) in [6.07, 6.45) is 0.821. The SMILES string of the molecule is COc1ccc(S(=O)(=O)N2C=C(F)C(N)=NC2)cc1. The first-order valence-electron chi connectivity index (χ1n) is 5.28. The predicted octanol–water partition coefficient (Wildman–Crippen LogP) is 0.825. The summed E-state index contributed by atoms with van der Waals surface area (Å²) in [5.74, 6) is -0.647. The number of halogens is 1. The van der Waals surface area contributed by atoms with Gasteiger partial charge in [-0.25, -0.2) is 22.1 Å². The molecule has 0 unspecified atom stereocenters. The third-order valence-electron chi connectivity index (χ3n) is 2.55. The maximum atomic E-state index is 13.3. The number of nitrogens with two attached hydrogens (primary N) is 1. The van der Waals surface area contributed by atoms with E-state index in [4.69, 9.17) is 10.5 Å². The first kappa shape index (κ1) is 13.3. The normalized spacial score (nSPS) is 15.8. The van der Waals surface area contributed by atoms with Crippen LogP contribution in [0.25, 0.3) is 0 Å². The van der Waals surface area contributed by atoms with Crippen molar-refractivity contribution in [1.82, 2.24) is 4.31 Å². The minimum atomic E-state index is -3.84. The molecule has 0 fully saturated rings. The number of sulfonamides is 1. The molecule has 0 radical (unpaired) electrons. The quantitative estimate of drug-likeness (QED) is 0.891. The standard InChI is InChI=1S/C11H12FN3O3S/c1-18-8-2-4-9(5-3-8)19(16,17)15-6-10(12)11(13)14-7-15/h2-6H,7H2,1H3,(H2,13,14). The summed E-state index contributed by atoms with van der Waals surface area (Å²) in [6.45, 7) is -0.242. The summed E-state index contributed by atoms with van der Waals surface area (Å²) >= 11 is 0. The summed E-state index contributed by atoms with van der Waals surface area (Å²) in [7, 11) is -2.37. The molecule has 8 heteroatoms. The number of benzene rings is 1. The monoisotopic (exact) mass is 285 g/mol. The number of nitrogens with zero attached hydrogens (tertiary/aromatic N) is 2. The fourth-order valence-corrected chi connectivity index (χ4v) is 2.68. The summed E-state index contributed by atoms with van der Waals surface area (Å²) in [5, 5.41) is 0. The molecule has 1 aromatic carbocycles. The Morgan fingerprint density at radius 1 is 1.37 bits per heavy atom. The number of aliphatic imine (C=N–C) groups is 1. The van der Waals surface area contributed by atoms with Gasteiger partial charge in [0.1, 0.15) is 12.4 Å². The van der Waals surface area contributed by atoms with E-state index in [2.05, 4.69) is 4.99 Å². The smallest absolute Gasteiger partial charge is 0.265 e. The van der Waals surface area contributed by atoms with Gasteiger partial charge in [-0.3, -0.25) is 0 Å². The van der Waals surface area contributed by atoms with Gasteiger partial charge in [0, 0.05) is 0 Å². The lowest BCUT2D eigenvalue weighted by atomic mass is 10.3. The molecule has 0 spiro atoms. The van der Waals surface area contributed by atoms with Crippen molar-refractivity contribution in [2.75, 3.05) is 13.8 Å². The van der Waals surface area contributed by atoms with Gasteiger partial charge in [0.25, 0.3) is 10.0 Å². The first-order valence-corrected chi connectivity index (χ1v) is 6.72. The van der Waals surface area contributed by atoms with Crippen molar-refractivity contribution in [3.8, 4) is 5.75 Å². The number of hydrogen-bond donors (Lipinski definition) is 1. The van der Waals surface area contributed by atoms with E-state index in [1.807, 2.05) is 0 Å². The Morgan fingerprint density at radius 3 is 2.53 bits per heavy atom. The van der Waals surface area contributed by atoms with Crippen molar-refractivity contribution < 1.29 is 17.5 Å². The van der Waals surface area contributed by atoms with Gasteiger partial charge >= 0.3 is 0 Å². The van der Waals surface area contributed by atoms with E-state index in [0.29, 0.717) is 5.75 Å². The van der Waals surface area contributed by atoms with Crippen LogP contribution in [0.4, 0.5) is 4.39 Å². The molecule has 0 amide bonds. The average molecular weight is 285 g/mol. The van der Waals surface area contributed by atoms with Crippen LogP contribution in [0.2, 0.25) is 0 Å². The Labute approximate surface area is 110 Å². The molecule has 102 valence electrons. The van der Waals surface area contributed by atoms with Gasteiger partial charge in [0.05, 0.1) is 18.2 Å².